The van der Waals surface area contributed by atoms with Crippen LogP contribution in [0.3, 0.4) is 0 Å². The van der Waals surface area contributed by atoms with Gasteiger partial charge in [0.25, 0.3) is 5.91 Å². The summed E-state index contributed by atoms with van der Waals surface area (Å²) < 4.78 is 19.5. The number of fused-ring (bicyclic) bond motifs is 2. The minimum Gasteiger partial charge on any atom is -0.376 e. The molecule has 9 heteroatoms. The second-order valence-corrected chi connectivity index (χ2v) is 8.96. The van der Waals surface area contributed by atoms with Gasteiger partial charge < -0.3 is 23.9 Å². The second-order valence-electron chi connectivity index (χ2n) is 8.96. The van der Waals surface area contributed by atoms with Crippen molar-refractivity contribution in [3.8, 4) is 0 Å². The molecule has 2 aromatic heterocycles. The van der Waals surface area contributed by atoms with Crippen LogP contribution in [0.5, 0.6) is 0 Å². The Labute approximate surface area is 182 Å². The highest BCUT2D eigenvalue weighted by Crippen LogP contribution is 2.40. The molecule has 1 spiro atoms. The van der Waals surface area contributed by atoms with E-state index in [1.54, 1.807) is 0 Å². The van der Waals surface area contributed by atoms with E-state index in [9.17, 15) is 4.79 Å². The van der Waals surface area contributed by atoms with Crippen LogP contribution in [0.2, 0.25) is 0 Å². The highest BCUT2D eigenvalue weighted by atomic mass is 16.5. The molecule has 2 unspecified atom stereocenters. The van der Waals surface area contributed by atoms with Crippen LogP contribution in [0.1, 0.15) is 48.5 Å². The fourth-order valence-corrected chi connectivity index (χ4v) is 5.03. The Bertz CT molecular complexity index is 905. The Morgan fingerprint density at radius 1 is 1.32 bits per heavy atom. The van der Waals surface area contributed by atoms with Crippen molar-refractivity contribution in [2.75, 3.05) is 26.2 Å². The van der Waals surface area contributed by atoms with E-state index in [1.165, 1.54) is 0 Å². The number of nitrogens with zero attached hydrogens (tertiary/aromatic N) is 4. The fraction of sp³-hybridized carbons (Fsp3) is 0.682. The number of carbonyl (C=O) groups is 1. The van der Waals surface area contributed by atoms with Gasteiger partial charge in [0.15, 0.2) is 6.10 Å². The molecule has 9 nitrogen and oxygen atoms in total. The molecule has 168 valence electrons. The van der Waals surface area contributed by atoms with Gasteiger partial charge in [0, 0.05) is 50.7 Å². The smallest absolute Gasteiger partial charge is 0.251 e. The average molecular weight is 430 g/mol. The molecule has 0 radical (unpaired) electrons. The van der Waals surface area contributed by atoms with Gasteiger partial charge >= 0.3 is 0 Å². The van der Waals surface area contributed by atoms with Crippen molar-refractivity contribution in [3.05, 3.63) is 35.2 Å². The van der Waals surface area contributed by atoms with E-state index in [4.69, 9.17) is 14.0 Å². The topological polar surface area (TPSA) is 94.6 Å². The molecular formula is C22H31N5O4. The number of amides is 1. The molecule has 5 rings (SSSR count). The first kappa shape index (κ1) is 20.7. The number of carbonyl (C=O) groups excluding carboxylic acids is 1. The SMILES string of the molecule is Cc1noc(C)c1CN1CCC2(CC1)OC(C(=O)NCC1CCCO1)Cn1ccnc12. The summed E-state index contributed by atoms with van der Waals surface area (Å²) in [6.07, 6.45) is 7.02. The van der Waals surface area contributed by atoms with E-state index in [2.05, 4.69) is 24.9 Å². The second kappa shape index (κ2) is 8.37. The molecule has 2 fully saturated rings. The minimum atomic E-state index is -0.525. The molecule has 1 N–H and O–H groups in total. The van der Waals surface area contributed by atoms with Gasteiger partial charge in [-0.1, -0.05) is 5.16 Å². The third kappa shape index (κ3) is 4.02. The van der Waals surface area contributed by atoms with E-state index in [-0.39, 0.29) is 12.0 Å². The predicted octanol–water partition coefficient (Wildman–Crippen LogP) is 1.67. The molecule has 0 bridgehead atoms. The summed E-state index contributed by atoms with van der Waals surface area (Å²) in [6.45, 7) is 8.32. The number of rotatable bonds is 5. The van der Waals surface area contributed by atoms with Crippen LogP contribution in [0.15, 0.2) is 16.9 Å². The quantitative estimate of drug-likeness (QED) is 0.773. The zero-order valence-electron chi connectivity index (χ0n) is 18.3. The zero-order chi connectivity index (χ0) is 21.4. The lowest BCUT2D eigenvalue weighted by atomic mass is 9.88. The van der Waals surface area contributed by atoms with E-state index in [1.807, 2.05) is 26.2 Å². The number of aromatic nitrogens is 3. The molecule has 0 aliphatic carbocycles. The Morgan fingerprint density at radius 3 is 2.87 bits per heavy atom. The Kier molecular flexibility index (Phi) is 5.58. The third-order valence-corrected chi connectivity index (χ3v) is 6.90. The zero-order valence-corrected chi connectivity index (χ0v) is 18.3. The summed E-state index contributed by atoms with van der Waals surface area (Å²) in [6, 6.07) is 0. The first-order valence-corrected chi connectivity index (χ1v) is 11.3. The molecule has 3 aliphatic heterocycles. The maximum atomic E-state index is 12.9. The first-order chi connectivity index (χ1) is 15.0. The van der Waals surface area contributed by atoms with Crippen molar-refractivity contribution in [2.24, 2.45) is 0 Å². The normalized spacial score (nSPS) is 25.6. The Balaban J connectivity index is 1.25. The van der Waals surface area contributed by atoms with Crippen molar-refractivity contribution >= 4 is 5.91 Å². The van der Waals surface area contributed by atoms with Crippen molar-refractivity contribution in [3.63, 3.8) is 0 Å². The van der Waals surface area contributed by atoms with Gasteiger partial charge in [-0.25, -0.2) is 4.98 Å². The number of hydrogen-bond donors (Lipinski definition) is 1. The van der Waals surface area contributed by atoms with Crippen molar-refractivity contribution in [1.29, 1.82) is 0 Å². The molecule has 2 saturated heterocycles. The maximum absolute atomic E-state index is 12.9. The average Bonchev–Trinajstić information content (AvgIpc) is 3.52. The van der Waals surface area contributed by atoms with Crippen LogP contribution in [0, 0.1) is 13.8 Å². The number of imidazole rings is 1. The standard InChI is InChI=1S/C22H31N5O4/c1-15-18(16(2)31-25-15)13-26-8-5-22(6-9-26)21-23-7-10-27(21)14-19(30-22)20(28)24-12-17-4-3-11-29-17/h7,10,17,19H,3-6,8-9,11-14H2,1-2H3,(H,24,28). The van der Waals surface area contributed by atoms with Gasteiger partial charge in [0.2, 0.25) is 0 Å². The van der Waals surface area contributed by atoms with Gasteiger partial charge in [0.05, 0.1) is 18.3 Å². The summed E-state index contributed by atoms with van der Waals surface area (Å²) in [5, 5.41) is 7.11. The van der Waals surface area contributed by atoms with E-state index in [0.717, 1.165) is 74.8 Å². The number of piperidine rings is 1. The predicted molar refractivity (Wildman–Crippen MR) is 111 cm³/mol. The molecule has 5 heterocycles. The Hall–Kier alpha value is -2.23. The van der Waals surface area contributed by atoms with Crippen molar-refractivity contribution in [1.82, 2.24) is 24.9 Å². The van der Waals surface area contributed by atoms with Gasteiger partial charge in [-0.05, 0) is 39.5 Å². The maximum Gasteiger partial charge on any atom is 0.251 e. The van der Waals surface area contributed by atoms with Crippen LogP contribution >= 0.6 is 0 Å². The molecule has 2 aromatic rings. The largest absolute Gasteiger partial charge is 0.376 e. The van der Waals surface area contributed by atoms with Crippen LogP contribution in [-0.2, 0) is 33.0 Å². The first-order valence-electron chi connectivity index (χ1n) is 11.3. The minimum absolute atomic E-state index is 0.0626. The molecule has 2 atom stereocenters. The van der Waals surface area contributed by atoms with Crippen LogP contribution < -0.4 is 5.32 Å². The fourth-order valence-electron chi connectivity index (χ4n) is 5.03. The molecule has 0 saturated carbocycles. The van der Waals surface area contributed by atoms with Gasteiger partial charge in [-0.15, -0.1) is 0 Å². The summed E-state index contributed by atoms with van der Waals surface area (Å²) in [5.74, 6) is 1.75. The lowest BCUT2D eigenvalue weighted by Crippen LogP contribution is -2.54. The van der Waals surface area contributed by atoms with E-state index >= 15 is 0 Å². The molecule has 1 amide bonds. The number of likely N-dealkylation sites (tertiary alicyclic amines) is 1. The van der Waals surface area contributed by atoms with Crippen LogP contribution in [0.4, 0.5) is 0 Å². The molecule has 3 aliphatic rings. The monoisotopic (exact) mass is 429 g/mol. The molecular weight excluding hydrogens is 398 g/mol. The number of ether oxygens (including phenoxy) is 2. The molecule has 31 heavy (non-hydrogen) atoms. The van der Waals surface area contributed by atoms with Gasteiger partial charge in [-0.3, -0.25) is 9.69 Å². The lowest BCUT2D eigenvalue weighted by Gasteiger charge is -2.45. The number of aryl methyl sites for hydroxylation is 2. The number of hydrogen-bond acceptors (Lipinski definition) is 7. The van der Waals surface area contributed by atoms with Crippen molar-refractivity contribution < 1.29 is 18.8 Å². The van der Waals surface area contributed by atoms with E-state index < -0.39 is 11.7 Å². The summed E-state index contributed by atoms with van der Waals surface area (Å²) in [5.41, 5.74) is 1.58. The summed E-state index contributed by atoms with van der Waals surface area (Å²) >= 11 is 0. The highest BCUT2D eigenvalue weighted by molar-refractivity contribution is 5.81. The van der Waals surface area contributed by atoms with Crippen LogP contribution in [-0.4, -0.2) is 64.0 Å². The summed E-state index contributed by atoms with van der Waals surface area (Å²) in [4.78, 5) is 19.9. The van der Waals surface area contributed by atoms with Crippen LogP contribution in [0.25, 0.3) is 0 Å². The Morgan fingerprint density at radius 2 is 2.16 bits per heavy atom. The lowest BCUT2D eigenvalue weighted by molar-refractivity contribution is -0.174. The highest BCUT2D eigenvalue weighted by Gasteiger charge is 2.47. The molecule has 0 aromatic carbocycles. The van der Waals surface area contributed by atoms with Crippen molar-refractivity contribution in [2.45, 2.75) is 70.4 Å². The summed E-state index contributed by atoms with van der Waals surface area (Å²) in [7, 11) is 0. The van der Waals surface area contributed by atoms with Gasteiger partial charge in [-0.2, -0.15) is 0 Å². The van der Waals surface area contributed by atoms with E-state index in [0.29, 0.717) is 13.1 Å². The third-order valence-electron chi connectivity index (χ3n) is 6.90. The van der Waals surface area contributed by atoms with Gasteiger partial charge in [0.1, 0.15) is 17.2 Å². The number of nitrogens with one attached hydrogen (secondary N) is 1.